The normalized spacial score (nSPS) is 19.1. The van der Waals surface area contributed by atoms with Gasteiger partial charge in [0.25, 0.3) is 5.91 Å². The highest BCUT2D eigenvalue weighted by molar-refractivity contribution is 6.05. The molecule has 1 amide bonds. The SMILES string of the molecule is CCCCN(C(=O)c1nccc2ccccc12)C1CC(C)(C)NC(C)(C)C1. The topological polar surface area (TPSA) is 45.2 Å². The number of fused-ring (bicyclic) bond motifs is 1. The molecule has 27 heavy (non-hydrogen) atoms. The molecule has 4 heteroatoms. The van der Waals surface area contributed by atoms with Gasteiger partial charge in [0.2, 0.25) is 0 Å². The minimum atomic E-state index is 0.00332. The molecule has 3 rings (SSSR count). The predicted molar refractivity (Wildman–Crippen MR) is 112 cm³/mol. The lowest BCUT2D eigenvalue weighted by molar-refractivity contribution is 0.0438. The predicted octanol–water partition coefficient (Wildman–Crippen LogP) is 4.79. The average molecular weight is 368 g/mol. The number of unbranched alkanes of at least 4 members (excludes halogenated alkanes) is 1. The first-order valence-corrected chi connectivity index (χ1v) is 10.2. The van der Waals surface area contributed by atoms with Crippen molar-refractivity contribution < 1.29 is 4.79 Å². The highest BCUT2D eigenvalue weighted by Crippen LogP contribution is 2.33. The second-order valence-electron chi connectivity index (χ2n) is 9.19. The summed E-state index contributed by atoms with van der Waals surface area (Å²) in [5.41, 5.74) is 0.588. The zero-order chi connectivity index (χ0) is 19.7. The quantitative estimate of drug-likeness (QED) is 0.827. The monoisotopic (exact) mass is 367 g/mol. The summed E-state index contributed by atoms with van der Waals surface area (Å²) in [7, 11) is 0. The average Bonchev–Trinajstić information content (AvgIpc) is 2.58. The van der Waals surface area contributed by atoms with E-state index in [1.807, 2.05) is 30.3 Å². The van der Waals surface area contributed by atoms with Gasteiger partial charge in [0, 0.05) is 35.2 Å². The van der Waals surface area contributed by atoms with E-state index in [2.05, 4.69) is 49.8 Å². The van der Waals surface area contributed by atoms with Gasteiger partial charge in [-0.25, -0.2) is 0 Å². The molecule has 1 aromatic heterocycles. The second kappa shape index (κ2) is 7.59. The second-order valence-corrected chi connectivity index (χ2v) is 9.19. The van der Waals surface area contributed by atoms with E-state index in [1.165, 1.54) is 0 Å². The van der Waals surface area contributed by atoms with Gasteiger partial charge in [-0.15, -0.1) is 0 Å². The van der Waals surface area contributed by atoms with Gasteiger partial charge in [-0.2, -0.15) is 0 Å². The first-order chi connectivity index (χ1) is 12.7. The Morgan fingerprint density at radius 2 is 1.81 bits per heavy atom. The Labute approximate surface area is 163 Å². The zero-order valence-electron chi connectivity index (χ0n) is 17.4. The Morgan fingerprint density at radius 3 is 2.48 bits per heavy atom. The number of piperidine rings is 1. The van der Waals surface area contributed by atoms with Crippen LogP contribution in [0.4, 0.5) is 0 Å². The standard InChI is InChI=1S/C23H33N3O/c1-6-7-14-26(18-15-22(2,3)25-23(4,5)16-18)21(27)20-19-11-9-8-10-17(19)12-13-24-20/h8-13,18,25H,6-7,14-16H2,1-5H3. The van der Waals surface area contributed by atoms with E-state index in [1.54, 1.807) is 6.20 Å². The van der Waals surface area contributed by atoms with Gasteiger partial charge in [-0.05, 0) is 58.4 Å². The maximum atomic E-state index is 13.6. The third-order valence-corrected chi connectivity index (χ3v) is 5.50. The van der Waals surface area contributed by atoms with E-state index >= 15 is 0 Å². The van der Waals surface area contributed by atoms with Gasteiger partial charge >= 0.3 is 0 Å². The van der Waals surface area contributed by atoms with Gasteiger partial charge in [0.15, 0.2) is 0 Å². The molecule has 1 aromatic carbocycles. The van der Waals surface area contributed by atoms with Crippen LogP contribution in [0.3, 0.4) is 0 Å². The Morgan fingerprint density at radius 1 is 1.15 bits per heavy atom. The van der Waals surface area contributed by atoms with Crippen LogP contribution in [-0.4, -0.2) is 39.5 Å². The van der Waals surface area contributed by atoms with Crippen molar-refractivity contribution in [2.24, 2.45) is 0 Å². The number of hydrogen-bond acceptors (Lipinski definition) is 3. The molecule has 2 aromatic rings. The smallest absolute Gasteiger partial charge is 0.273 e. The van der Waals surface area contributed by atoms with E-state index in [-0.39, 0.29) is 23.0 Å². The molecule has 0 aliphatic carbocycles. The van der Waals surface area contributed by atoms with Gasteiger partial charge in [-0.3, -0.25) is 9.78 Å². The van der Waals surface area contributed by atoms with Crippen LogP contribution < -0.4 is 5.32 Å². The first-order valence-electron chi connectivity index (χ1n) is 10.2. The summed E-state index contributed by atoms with van der Waals surface area (Å²) in [5, 5.41) is 5.74. The van der Waals surface area contributed by atoms with E-state index < -0.39 is 0 Å². The summed E-state index contributed by atoms with van der Waals surface area (Å²) in [6.07, 6.45) is 5.75. The van der Waals surface area contributed by atoms with E-state index in [0.717, 1.165) is 43.0 Å². The maximum Gasteiger partial charge on any atom is 0.273 e. The summed E-state index contributed by atoms with van der Waals surface area (Å²) in [4.78, 5) is 20.2. The van der Waals surface area contributed by atoms with Crippen LogP contribution in [0.15, 0.2) is 36.5 Å². The molecule has 4 nitrogen and oxygen atoms in total. The minimum Gasteiger partial charge on any atom is -0.334 e. The van der Waals surface area contributed by atoms with Crippen molar-refractivity contribution in [2.75, 3.05) is 6.54 Å². The number of hydrogen-bond donors (Lipinski definition) is 1. The molecular weight excluding hydrogens is 334 g/mol. The minimum absolute atomic E-state index is 0.00332. The summed E-state index contributed by atoms with van der Waals surface area (Å²) < 4.78 is 0. The van der Waals surface area contributed by atoms with Crippen molar-refractivity contribution in [3.8, 4) is 0 Å². The molecule has 1 fully saturated rings. The molecular formula is C23H33N3O. The molecule has 0 bridgehead atoms. The molecule has 1 N–H and O–H groups in total. The van der Waals surface area contributed by atoms with Gasteiger partial charge in [0.05, 0.1) is 0 Å². The number of benzene rings is 1. The molecule has 1 saturated heterocycles. The Bertz CT molecular complexity index is 791. The third-order valence-electron chi connectivity index (χ3n) is 5.50. The molecule has 0 atom stereocenters. The fraction of sp³-hybridized carbons (Fsp3) is 0.565. The molecule has 2 heterocycles. The number of carbonyl (C=O) groups excluding carboxylic acids is 1. The molecule has 0 saturated carbocycles. The van der Waals surface area contributed by atoms with Gasteiger partial charge in [0.1, 0.15) is 5.69 Å². The molecule has 0 radical (unpaired) electrons. The number of rotatable bonds is 5. The van der Waals surface area contributed by atoms with E-state index in [9.17, 15) is 4.79 Å². The summed E-state index contributed by atoms with van der Waals surface area (Å²) in [6.45, 7) is 11.9. The molecule has 146 valence electrons. The summed E-state index contributed by atoms with van der Waals surface area (Å²) in [6, 6.07) is 10.2. The summed E-state index contributed by atoms with van der Waals surface area (Å²) in [5.74, 6) is 0.0683. The van der Waals surface area contributed by atoms with Gasteiger partial charge < -0.3 is 10.2 Å². The van der Waals surface area contributed by atoms with Crippen molar-refractivity contribution in [2.45, 2.75) is 77.4 Å². The lowest BCUT2D eigenvalue weighted by Crippen LogP contribution is -2.63. The fourth-order valence-electron chi connectivity index (χ4n) is 4.69. The number of aromatic nitrogens is 1. The largest absolute Gasteiger partial charge is 0.334 e. The maximum absolute atomic E-state index is 13.6. The molecule has 0 spiro atoms. The highest BCUT2D eigenvalue weighted by Gasteiger charge is 2.41. The van der Waals surface area contributed by atoms with Gasteiger partial charge in [-0.1, -0.05) is 37.6 Å². The first kappa shape index (κ1) is 19.8. The highest BCUT2D eigenvalue weighted by atomic mass is 16.2. The van der Waals surface area contributed by atoms with E-state index in [4.69, 9.17) is 0 Å². The molecule has 1 aliphatic heterocycles. The van der Waals surface area contributed by atoms with Crippen molar-refractivity contribution in [1.82, 2.24) is 15.2 Å². The Kier molecular flexibility index (Phi) is 5.57. The number of carbonyl (C=O) groups is 1. The lowest BCUT2D eigenvalue weighted by atomic mass is 9.79. The number of nitrogens with zero attached hydrogens (tertiary/aromatic N) is 2. The zero-order valence-corrected chi connectivity index (χ0v) is 17.4. The van der Waals surface area contributed by atoms with E-state index in [0.29, 0.717) is 5.69 Å². The Hall–Kier alpha value is -1.94. The number of nitrogens with one attached hydrogen (secondary N) is 1. The van der Waals surface area contributed by atoms with Crippen LogP contribution >= 0.6 is 0 Å². The summed E-state index contributed by atoms with van der Waals surface area (Å²) >= 11 is 0. The lowest BCUT2D eigenvalue weighted by Gasteiger charge is -2.49. The van der Waals surface area contributed by atoms with Crippen molar-refractivity contribution in [3.63, 3.8) is 0 Å². The van der Waals surface area contributed by atoms with Crippen LogP contribution in [0.2, 0.25) is 0 Å². The van der Waals surface area contributed by atoms with Crippen LogP contribution in [0.1, 0.15) is 70.8 Å². The third kappa shape index (κ3) is 4.49. The fourth-order valence-corrected chi connectivity index (χ4v) is 4.69. The number of pyridine rings is 1. The van der Waals surface area contributed by atoms with Crippen molar-refractivity contribution in [1.29, 1.82) is 0 Å². The number of amides is 1. The van der Waals surface area contributed by atoms with Crippen LogP contribution in [-0.2, 0) is 0 Å². The van der Waals surface area contributed by atoms with Crippen LogP contribution in [0.5, 0.6) is 0 Å². The molecule has 0 unspecified atom stereocenters. The van der Waals surface area contributed by atoms with Crippen LogP contribution in [0, 0.1) is 0 Å². The van der Waals surface area contributed by atoms with Crippen molar-refractivity contribution in [3.05, 3.63) is 42.2 Å². The Balaban J connectivity index is 1.97. The van der Waals surface area contributed by atoms with Crippen LogP contribution in [0.25, 0.3) is 10.8 Å². The molecule has 1 aliphatic rings. The van der Waals surface area contributed by atoms with Crippen molar-refractivity contribution >= 4 is 16.7 Å².